The van der Waals surface area contributed by atoms with Gasteiger partial charge in [-0.25, -0.2) is 9.31 Å². The van der Waals surface area contributed by atoms with E-state index >= 15 is 0 Å². The summed E-state index contributed by atoms with van der Waals surface area (Å²) in [7, 11) is 0. The Kier molecular flexibility index (Phi) is 2.41. The third-order valence-electron chi connectivity index (χ3n) is 1.96. The third-order valence-corrected chi connectivity index (χ3v) is 1.96. The standard InChI is InChI=1S/C9H5F3N2O3/c10-9(11,12)5-1-2-14-6(3-5)4-7(13-14)17-8(15)16/h1-4H,(H,15,16). The fourth-order valence-electron chi connectivity index (χ4n) is 1.29. The van der Waals surface area contributed by atoms with E-state index in [-0.39, 0.29) is 11.4 Å². The Balaban J connectivity index is 2.44. The lowest BCUT2D eigenvalue weighted by Gasteiger charge is -2.05. The van der Waals surface area contributed by atoms with E-state index in [1.54, 1.807) is 0 Å². The Morgan fingerprint density at radius 1 is 1.41 bits per heavy atom. The molecular formula is C9H5F3N2O3. The zero-order chi connectivity index (χ0) is 12.6. The number of carbonyl (C=O) groups is 1. The molecule has 2 aromatic heterocycles. The molecule has 2 rings (SSSR count). The van der Waals surface area contributed by atoms with E-state index < -0.39 is 17.9 Å². The van der Waals surface area contributed by atoms with E-state index in [1.807, 2.05) is 0 Å². The normalized spacial score (nSPS) is 11.7. The summed E-state index contributed by atoms with van der Waals surface area (Å²) in [5, 5.41) is 11.9. The third kappa shape index (κ3) is 2.30. The second-order valence-electron chi connectivity index (χ2n) is 3.13. The quantitative estimate of drug-likeness (QED) is 0.785. The van der Waals surface area contributed by atoms with Crippen LogP contribution in [0.15, 0.2) is 24.4 Å². The fraction of sp³-hybridized carbons (Fsp3) is 0.111. The van der Waals surface area contributed by atoms with Gasteiger partial charge < -0.3 is 9.84 Å². The first-order chi connectivity index (χ1) is 7.86. The summed E-state index contributed by atoms with van der Waals surface area (Å²) in [4.78, 5) is 10.2. The number of ether oxygens (including phenoxy) is 1. The molecule has 1 N–H and O–H groups in total. The van der Waals surface area contributed by atoms with Gasteiger partial charge in [0.25, 0.3) is 0 Å². The second kappa shape index (κ2) is 3.65. The maximum atomic E-state index is 12.4. The molecule has 0 spiro atoms. The molecule has 0 bridgehead atoms. The number of halogens is 3. The molecule has 0 atom stereocenters. The summed E-state index contributed by atoms with van der Waals surface area (Å²) in [6.07, 6.45) is -4.96. The number of hydrogen-bond donors (Lipinski definition) is 1. The van der Waals surface area contributed by atoms with Gasteiger partial charge in [-0.05, 0) is 12.1 Å². The summed E-state index contributed by atoms with van der Waals surface area (Å²) in [6.45, 7) is 0. The Hall–Kier alpha value is -2.25. The first-order valence-corrected chi connectivity index (χ1v) is 4.34. The van der Waals surface area contributed by atoms with Crippen molar-refractivity contribution in [1.82, 2.24) is 9.61 Å². The van der Waals surface area contributed by atoms with Crippen LogP contribution >= 0.6 is 0 Å². The molecule has 0 amide bonds. The minimum atomic E-state index is -4.46. The lowest BCUT2D eigenvalue weighted by Crippen LogP contribution is -2.05. The van der Waals surface area contributed by atoms with Crippen molar-refractivity contribution < 1.29 is 27.8 Å². The lowest BCUT2D eigenvalue weighted by molar-refractivity contribution is -0.137. The van der Waals surface area contributed by atoms with E-state index in [0.29, 0.717) is 0 Å². The Morgan fingerprint density at radius 3 is 2.71 bits per heavy atom. The molecule has 0 aliphatic rings. The number of pyridine rings is 1. The van der Waals surface area contributed by atoms with Crippen molar-refractivity contribution in [3.05, 3.63) is 30.0 Å². The van der Waals surface area contributed by atoms with Crippen LogP contribution in [0.4, 0.5) is 18.0 Å². The van der Waals surface area contributed by atoms with E-state index in [2.05, 4.69) is 9.84 Å². The van der Waals surface area contributed by atoms with Gasteiger partial charge in [0.05, 0.1) is 11.1 Å². The van der Waals surface area contributed by atoms with Gasteiger partial charge in [-0.15, -0.1) is 5.10 Å². The molecule has 0 aliphatic heterocycles. The minimum Gasteiger partial charge on any atom is -0.449 e. The largest absolute Gasteiger partial charge is 0.512 e. The van der Waals surface area contributed by atoms with Crippen LogP contribution in [0.2, 0.25) is 0 Å². The van der Waals surface area contributed by atoms with E-state index in [9.17, 15) is 18.0 Å². The Morgan fingerprint density at radius 2 is 2.12 bits per heavy atom. The molecule has 5 nitrogen and oxygen atoms in total. The molecule has 0 saturated heterocycles. The average Bonchev–Trinajstić information content (AvgIpc) is 2.55. The van der Waals surface area contributed by atoms with Crippen LogP contribution in [0, 0.1) is 0 Å². The van der Waals surface area contributed by atoms with Crippen LogP contribution in [0.1, 0.15) is 5.56 Å². The maximum Gasteiger partial charge on any atom is 0.512 e. The number of aromatic nitrogens is 2. The van der Waals surface area contributed by atoms with Crippen molar-refractivity contribution in [2.75, 3.05) is 0 Å². The summed E-state index contributed by atoms with van der Waals surface area (Å²) in [5.74, 6) is -0.281. The monoisotopic (exact) mass is 246 g/mol. The highest BCUT2D eigenvalue weighted by molar-refractivity contribution is 5.62. The van der Waals surface area contributed by atoms with Crippen LogP contribution in [0.25, 0.3) is 5.52 Å². The molecule has 2 heterocycles. The molecule has 2 aromatic rings. The smallest absolute Gasteiger partial charge is 0.449 e. The van der Waals surface area contributed by atoms with Gasteiger partial charge in [0.1, 0.15) is 0 Å². The molecule has 17 heavy (non-hydrogen) atoms. The zero-order valence-electron chi connectivity index (χ0n) is 8.10. The predicted molar refractivity (Wildman–Crippen MR) is 48.8 cm³/mol. The molecule has 0 saturated carbocycles. The van der Waals surface area contributed by atoms with E-state index in [1.165, 1.54) is 0 Å². The predicted octanol–water partition coefficient (Wildman–Crippen LogP) is 2.41. The second-order valence-corrected chi connectivity index (χ2v) is 3.13. The van der Waals surface area contributed by atoms with Crippen molar-refractivity contribution in [3.63, 3.8) is 0 Å². The summed E-state index contributed by atoms with van der Waals surface area (Å²) < 4.78 is 42.5. The number of fused-ring (bicyclic) bond motifs is 1. The van der Waals surface area contributed by atoms with Crippen molar-refractivity contribution >= 4 is 11.7 Å². The van der Waals surface area contributed by atoms with E-state index in [0.717, 1.165) is 28.9 Å². The number of nitrogens with zero attached hydrogens (tertiary/aromatic N) is 2. The van der Waals surface area contributed by atoms with Crippen LogP contribution in [0.3, 0.4) is 0 Å². The number of carboxylic acid groups (broad SMARTS) is 1. The molecule has 0 aliphatic carbocycles. The van der Waals surface area contributed by atoms with Crippen LogP contribution in [0.5, 0.6) is 5.88 Å². The van der Waals surface area contributed by atoms with Crippen molar-refractivity contribution in [3.8, 4) is 5.88 Å². The van der Waals surface area contributed by atoms with Gasteiger partial charge >= 0.3 is 12.3 Å². The number of alkyl halides is 3. The van der Waals surface area contributed by atoms with Crippen LogP contribution < -0.4 is 4.74 Å². The van der Waals surface area contributed by atoms with Gasteiger partial charge in [0, 0.05) is 12.3 Å². The molecule has 0 radical (unpaired) electrons. The summed E-state index contributed by atoms with van der Waals surface area (Å²) >= 11 is 0. The van der Waals surface area contributed by atoms with Crippen LogP contribution in [-0.4, -0.2) is 20.9 Å². The Labute approximate surface area is 92.0 Å². The molecular weight excluding hydrogens is 241 g/mol. The molecule has 0 aromatic carbocycles. The SMILES string of the molecule is O=C(O)Oc1cc2cc(C(F)(F)F)ccn2n1. The average molecular weight is 246 g/mol. The van der Waals surface area contributed by atoms with Gasteiger partial charge in [0.2, 0.25) is 5.88 Å². The summed E-state index contributed by atoms with van der Waals surface area (Å²) in [5.41, 5.74) is -0.747. The number of rotatable bonds is 1. The minimum absolute atomic E-state index is 0.0936. The highest BCUT2D eigenvalue weighted by atomic mass is 19.4. The highest BCUT2D eigenvalue weighted by Gasteiger charge is 2.30. The lowest BCUT2D eigenvalue weighted by atomic mass is 10.2. The van der Waals surface area contributed by atoms with E-state index in [4.69, 9.17) is 5.11 Å². The zero-order valence-corrected chi connectivity index (χ0v) is 8.10. The molecule has 90 valence electrons. The fourth-order valence-corrected chi connectivity index (χ4v) is 1.29. The van der Waals surface area contributed by atoms with Gasteiger partial charge in [-0.1, -0.05) is 0 Å². The molecule has 8 heteroatoms. The molecule has 0 fully saturated rings. The summed E-state index contributed by atoms with van der Waals surface area (Å²) in [6, 6.07) is 2.79. The topological polar surface area (TPSA) is 63.8 Å². The van der Waals surface area contributed by atoms with Gasteiger partial charge in [-0.3, -0.25) is 0 Å². The van der Waals surface area contributed by atoms with Crippen molar-refractivity contribution in [1.29, 1.82) is 0 Å². The number of hydrogen-bond acceptors (Lipinski definition) is 3. The molecule has 0 unspecified atom stereocenters. The first-order valence-electron chi connectivity index (χ1n) is 4.34. The van der Waals surface area contributed by atoms with Gasteiger partial charge in [0.15, 0.2) is 0 Å². The first kappa shape index (κ1) is 11.2. The van der Waals surface area contributed by atoms with Gasteiger partial charge in [-0.2, -0.15) is 13.2 Å². The highest BCUT2D eigenvalue weighted by Crippen LogP contribution is 2.30. The van der Waals surface area contributed by atoms with Crippen molar-refractivity contribution in [2.45, 2.75) is 6.18 Å². The maximum absolute atomic E-state index is 12.4. The van der Waals surface area contributed by atoms with Crippen LogP contribution in [-0.2, 0) is 6.18 Å². The van der Waals surface area contributed by atoms with Crippen molar-refractivity contribution in [2.24, 2.45) is 0 Å². The Bertz CT molecular complexity index is 576.